The summed E-state index contributed by atoms with van der Waals surface area (Å²) in [7, 11) is 0. The van der Waals surface area contributed by atoms with Gasteiger partial charge in [-0.15, -0.1) is 0 Å². The molecular formula is C10H10N4O5S. The van der Waals surface area contributed by atoms with Crippen LogP contribution in [-0.4, -0.2) is 80.3 Å². The van der Waals surface area contributed by atoms with Crippen LogP contribution in [0.4, 0.5) is 0 Å². The molecule has 0 radical (unpaired) electrons. The molecule has 0 bridgehead atoms. The highest BCUT2D eigenvalue weighted by Crippen LogP contribution is 2.27. The third-order valence-electron chi connectivity index (χ3n) is 3.18. The van der Waals surface area contributed by atoms with Gasteiger partial charge in [0.2, 0.25) is 5.11 Å². The highest BCUT2D eigenvalue weighted by Gasteiger charge is 2.50. The summed E-state index contributed by atoms with van der Waals surface area (Å²) in [6.45, 7) is -0.462. The minimum absolute atomic E-state index is 0.0209. The molecule has 0 spiro atoms. The van der Waals surface area contributed by atoms with E-state index in [1.165, 1.54) is 4.90 Å². The van der Waals surface area contributed by atoms with Crippen LogP contribution in [0.15, 0.2) is 15.0 Å². The summed E-state index contributed by atoms with van der Waals surface area (Å²) in [4.78, 5) is 24.0. The fourth-order valence-electron chi connectivity index (χ4n) is 2.19. The fraction of sp³-hybridized carbons (Fsp3) is 0.500. The number of carbonyl (C=O) groups excluding carboxylic acids is 1. The second kappa shape index (κ2) is 4.75. The van der Waals surface area contributed by atoms with Crippen molar-refractivity contribution in [2.45, 2.75) is 24.5 Å². The molecule has 0 aromatic heterocycles. The number of fused-ring (bicyclic) bond motifs is 1. The van der Waals surface area contributed by atoms with E-state index in [2.05, 4.69) is 15.0 Å². The number of aliphatic hydroxyl groups is 3. The van der Waals surface area contributed by atoms with Crippen molar-refractivity contribution in [2.75, 3.05) is 6.61 Å². The smallest absolute Gasteiger partial charge is 0.301 e. The molecule has 106 valence electrons. The van der Waals surface area contributed by atoms with E-state index < -0.39 is 37.1 Å². The predicted molar refractivity (Wildman–Crippen MR) is 70.6 cm³/mol. The lowest BCUT2D eigenvalue weighted by Gasteiger charge is -2.27. The molecule has 3 rings (SSSR count). The molecule has 1 saturated heterocycles. The predicted octanol–water partition coefficient (Wildman–Crippen LogP) is -2.57. The van der Waals surface area contributed by atoms with E-state index in [1.54, 1.807) is 0 Å². The normalized spacial score (nSPS) is 36.2. The number of hydrogen-bond acceptors (Lipinski definition) is 7. The number of thiocarbonyl (C=S) groups is 1. The average Bonchev–Trinajstić information content (AvgIpc) is 2.90. The molecule has 4 unspecified atom stereocenters. The monoisotopic (exact) mass is 298 g/mol. The Kier molecular flexibility index (Phi) is 3.18. The molecule has 0 aromatic carbocycles. The Labute approximate surface area is 117 Å². The molecule has 9 nitrogen and oxygen atoms in total. The molecule has 1 amide bonds. The van der Waals surface area contributed by atoms with Gasteiger partial charge in [-0.25, -0.2) is 9.98 Å². The van der Waals surface area contributed by atoms with Crippen LogP contribution < -0.4 is 0 Å². The molecule has 3 aliphatic rings. The van der Waals surface area contributed by atoms with Gasteiger partial charge in [0.05, 0.1) is 6.61 Å². The largest absolute Gasteiger partial charge is 0.394 e. The van der Waals surface area contributed by atoms with Gasteiger partial charge in [-0.2, -0.15) is 4.99 Å². The number of aliphatic imine (C=N–C) groups is 3. The average molecular weight is 298 g/mol. The van der Waals surface area contributed by atoms with Gasteiger partial charge >= 0.3 is 5.91 Å². The first kappa shape index (κ1) is 13.4. The summed E-state index contributed by atoms with van der Waals surface area (Å²) in [5, 5.41) is 28.8. The molecule has 3 aliphatic heterocycles. The molecule has 3 heterocycles. The number of rotatable bonds is 2. The second-order valence-corrected chi connectivity index (χ2v) is 4.71. The molecule has 10 heteroatoms. The van der Waals surface area contributed by atoms with Crippen LogP contribution in [0.3, 0.4) is 0 Å². The van der Waals surface area contributed by atoms with Gasteiger partial charge in [-0.3, -0.25) is 9.69 Å². The first-order valence-corrected chi connectivity index (χ1v) is 6.15. The van der Waals surface area contributed by atoms with Crippen molar-refractivity contribution >= 4 is 41.1 Å². The van der Waals surface area contributed by atoms with Crippen LogP contribution in [0.5, 0.6) is 0 Å². The van der Waals surface area contributed by atoms with E-state index >= 15 is 0 Å². The number of amides is 1. The Morgan fingerprint density at radius 2 is 2.15 bits per heavy atom. The zero-order chi connectivity index (χ0) is 14.4. The number of ether oxygens (including phenoxy) is 1. The van der Waals surface area contributed by atoms with Crippen molar-refractivity contribution in [1.29, 1.82) is 0 Å². The first-order chi connectivity index (χ1) is 9.54. The van der Waals surface area contributed by atoms with Crippen molar-refractivity contribution in [1.82, 2.24) is 4.90 Å². The van der Waals surface area contributed by atoms with Gasteiger partial charge < -0.3 is 20.1 Å². The van der Waals surface area contributed by atoms with Crippen molar-refractivity contribution in [3.8, 4) is 0 Å². The molecule has 0 aromatic rings. The lowest BCUT2D eigenvalue weighted by atomic mass is 10.1. The second-order valence-electron chi connectivity index (χ2n) is 4.34. The van der Waals surface area contributed by atoms with Gasteiger partial charge in [0, 0.05) is 0 Å². The Balaban J connectivity index is 1.92. The van der Waals surface area contributed by atoms with Crippen molar-refractivity contribution in [3.63, 3.8) is 0 Å². The summed E-state index contributed by atoms with van der Waals surface area (Å²) in [5.41, 5.74) is -0.0322. The summed E-state index contributed by atoms with van der Waals surface area (Å²) >= 11 is 5.03. The molecule has 4 atom stereocenters. The Bertz CT molecular complexity index is 574. The summed E-state index contributed by atoms with van der Waals surface area (Å²) in [6.07, 6.45) is -3.56. The van der Waals surface area contributed by atoms with Gasteiger partial charge in [0.15, 0.2) is 17.8 Å². The zero-order valence-electron chi connectivity index (χ0n) is 9.95. The van der Waals surface area contributed by atoms with Crippen molar-refractivity contribution in [2.24, 2.45) is 15.0 Å². The standard InChI is InChI=1S/C10H10N4O5S/c15-1-3-5(16)6(17)9(19-3)14-7-4(13-10(14)20)8(18)12-2-11-7/h2-3,5-6,9,15-17H,1H2. The van der Waals surface area contributed by atoms with Gasteiger partial charge in [0.25, 0.3) is 0 Å². The minimum Gasteiger partial charge on any atom is -0.394 e. The molecular weight excluding hydrogens is 288 g/mol. The first-order valence-electron chi connectivity index (χ1n) is 5.74. The molecule has 3 N–H and O–H groups in total. The zero-order valence-corrected chi connectivity index (χ0v) is 10.8. The van der Waals surface area contributed by atoms with E-state index in [9.17, 15) is 15.0 Å². The highest BCUT2D eigenvalue weighted by molar-refractivity contribution is 7.80. The number of nitrogens with zero attached hydrogens (tertiary/aromatic N) is 4. The molecule has 20 heavy (non-hydrogen) atoms. The van der Waals surface area contributed by atoms with Crippen LogP contribution in [0.1, 0.15) is 0 Å². The van der Waals surface area contributed by atoms with E-state index in [0.29, 0.717) is 0 Å². The highest BCUT2D eigenvalue weighted by atomic mass is 32.1. The third kappa shape index (κ3) is 1.81. The minimum atomic E-state index is -1.32. The topological polar surface area (TPSA) is 127 Å². The fourth-order valence-corrected chi connectivity index (χ4v) is 2.47. The quantitative estimate of drug-likeness (QED) is 0.478. The van der Waals surface area contributed by atoms with E-state index in [4.69, 9.17) is 22.1 Å². The van der Waals surface area contributed by atoms with E-state index in [1.807, 2.05) is 0 Å². The van der Waals surface area contributed by atoms with E-state index in [0.717, 1.165) is 6.34 Å². The maximum absolute atomic E-state index is 11.6. The summed E-state index contributed by atoms with van der Waals surface area (Å²) in [5.74, 6) is -0.476. The Hall–Kier alpha value is -1.59. The van der Waals surface area contributed by atoms with Crippen molar-refractivity contribution in [3.05, 3.63) is 0 Å². The SMILES string of the molecule is O=C1N=CN=C2C1=NC(=S)N2C1OC(CO)C(O)C1O. The Morgan fingerprint density at radius 1 is 1.40 bits per heavy atom. The Morgan fingerprint density at radius 3 is 2.80 bits per heavy atom. The van der Waals surface area contributed by atoms with Gasteiger partial charge in [-0.05, 0) is 12.2 Å². The van der Waals surface area contributed by atoms with Gasteiger partial charge in [0.1, 0.15) is 24.7 Å². The summed E-state index contributed by atoms with van der Waals surface area (Å²) in [6, 6.07) is 0. The lowest BCUT2D eigenvalue weighted by molar-refractivity contribution is -0.111. The van der Waals surface area contributed by atoms with E-state index in [-0.39, 0.29) is 16.7 Å². The maximum atomic E-state index is 11.6. The molecule has 1 fully saturated rings. The number of carbonyl (C=O) groups is 1. The van der Waals surface area contributed by atoms with Gasteiger partial charge in [-0.1, -0.05) is 0 Å². The number of amidine groups is 1. The number of aliphatic hydroxyl groups excluding tert-OH is 3. The van der Waals surface area contributed by atoms with Crippen LogP contribution in [-0.2, 0) is 9.53 Å². The molecule has 0 aliphatic carbocycles. The van der Waals surface area contributed by atoms with Crippen molar-refractivity contribution < 1.29 is 24.9 Å². The number of hydrogen-bond donors (Lipinski definition) is 3. The third-order valence-corrected chi connectivity index (χ3v) is 3.47. The summed E-state index contributed by atoms with van der Waals surface area (Å²) < 4.78 is 5.35. The maximum Gasteiger partial charge on any atom is 0.301 e. The lowest BCUT2D eigenvalue weighted by Crippen LogP contribution is -2.49. The van der Waals surface area contributed by atoms with Crippen LogP contribution in [0.2, 0.25) is 0 Å². The van der Waals surface area contributed by atoms with Crippen LogP contribution in [0.25, 0.3) is 0 Å². The van der Waals surface area contributed by atoms with Crippen LogP contribution in [0, 0.1) is 0 Å². The molecule has 0 saturated carbocycles. The van der Waals surface area contributed by atoms with Crippen LogP contribution >= 0.6 is 12.2 Å².